The molecule has 0 aliphatic heterocycles. The third-order valence-corrected chi connectivity index (χ3v) is 4.24. The maximum Gasteiger partial charge on any atom is 0.344 e. The monoisotopic (exact) mass is 375 g/mol. The molecule has 0 unspecified atom stereocenters. The van der Waals surface area contributed by atoms with E-state index in [1.54, 1.807) is 24.3 Å². The van der Waals surface area contributed by atoms with Gasteiger partial charge in [0.25, 0.3) is 5.91 Å². The summed E-state index contributed by atoms with van der Waals surface area (Å²) in [5.74, 6) is -0.335. The van der Waals surface area contributed by atoms with Crippen molar-refractivity contribution in [3.8, 4) is 5.75 Å². The molecule has 1 N–H and O–H groups in total. The Bertz CT molecular complexity index is 763. The highest BCUT2D eigenvalue weighted by Crippen LogP contribution is 2.26. The summed E-state index contributed by atoms with van der Waals surface area (Å²) in [5.41, 5.74) is 1.78. The lowest BCUT2D eigenvalue weighted by molar-refractivity contribution is -0.149. The molecule has 2 aromatic carbocycles. The molecule has 1 amide bonds. The third-order valence-electron chi connectivity index (χ3n) is 3.92. The van der Waals surface area contributed by atoms with E-state index in [1.807, 2.05) is 24.3 Å². The zero-order valence-electron chi connectivity index (χ0n) is 14.8. The van der Waals surface area contributed by atoms with E-state index >= 15 is 0 Å². The van der Waals surface area contributed by atoms with Gasteiger partial charge in [0.15, 0.2) is 13.2 Å². The lowest BCUT2D eigenvalue weighted by atomic mass is 9.97. The minimum Gasteiger partial charge on any atom is -0.480 e. The van der Waals surface area contributed by atoms with Crippen molar-refractivity contribution in [2.75, 3.05) is 18.5 Å². The summed E-state index contributed by atoms with van der Waals surface area (Å²) in [4.78, 5) is 23.8. The Hall–Kier alpha value is -2.53. The lowest BCUT2D eigenvalue weighted by Crippen LogP contribution is -2.24. The molecule has 0 aliphatic rings. The fourth-order valence-electron chi connectivity index (χ4n) is 2.33. The predicted molar refractivity (Wildman–Crippen MR) is 102 cm³/mol. The van der Waals surface area contributed by atoms with Gasteiger partial charge in [-0.3, -0.25) is 4.79 Å². The van der Waals surface area contributed by atoms with Gasteiger partial charge in [0, 0.05) is 5.69 Å². The van der Waals surface area contributed by atoms with Crippen LogP contribution in [-0.2, 0) is 14.3 Å². The fraction of sp³-hybridized carbons (Fsp3) is 0.300. The van der Waals surface area contributed by atoms with Crippen LogP contribution in [0.1, 0.15) is 31.7 Å². The van der Waals surface area contributed by atoms with Gasteiger partial charge in [-0.2, -0.15) is 0 Å². The number of benzene rings is 2. The predicted octanol–water partition coefficient (Wildman–Crippen LogP) is 4.41. The van der Waals surface area contributed by atoms with E-state index in [2.05, 4.69) is 19.2 Å². The highest BCUT2D eigenvalue weighted by molar-refractivity contribution is 6.32. The number of amides is 1. The van der Waals surface area contributed by atoms with Gasteiger partial charge in [0.05, 0.1) is 5.02 Å². The number of para-hydroxylation sites is 2. The van der Waals surface area contributed by atoms with E-state index in [9.17, 15) is 9.59 Å². The fourth-order valence-corrected chi connectivity index (χ4v) is 2.52. The zero-order valence-corrected chi connectivity index (χ0v) is 15.6. The SMILES string of the molecule is CC[C@@H](C)c1ccccc1NC(=O)COC(=O)COc1ccccc1Cl. The second kappa shape index (κ2) is 9.82. The van der Waals surface area contributed by atoms with Crippen LogP contribution in [0.25, 0.3) is 0 Å². The molecule has 0 bridgehead atoms. The second-order valence-electron chi connectivity index (χ2n) is 5.82. The summed E-state index contributed by atoms with van der Waals surface area (Å²) in [7, 11) is 0. The Kier molecular flexibility index (Phi) is 7.48. The molecule has 0 radical (unpaired) electrons. The highest BCUT2D eigenvalue weighted by atomic mass is 35.5. The summed E-state index contributed by atoms with van der Waals surface area (Å²) in [6, 6.07) is 14.4. The molecule has 0 heterocycles. The van der Waals surface area contributed by atoms with Crippen molar-refractivity contribution in [3.63, 3.8) is 0 Å². The summed E-state index contributed by atoms with van der Waals surface area (Å²) >= 11 is 5.94. The molecule has 1 atom stereocenters. The third kappa shape index (κ3) is 5.77. The number of halogens is 1. The van der Waals surface area contributed by atoms with E-state index in [1.165, 1.54) is 0 Å². The summed E-state index contributed by atoms with van der Waals surface area (Å²) in [6.45, 7) is 3.49. The van der Waals surface area contributed by atoms with Gasteiger partial charge in [-0.1, -0.05) is 55.8 Å². The first kappa shape index (κ1) is 19.8. The molecule has 138 valence electrons. The summed E-state index contributed by atoms with van der Waals surface area (Å²) in [5, 5.41) is 3.19. The van der Waals surface area contributed by atoms with Crippen molar-refractivity contribution in [3.05, 3.63) is 59.1 Å². The van der Waals surface area contributed by atoms with Crippen LogP contribution in [0.5, 0.6) is 5.75 Å². The van der Waals surface area contributed by atoms with E-state index in [4.69, 9.17) is 21.1 Å². The average Bonchev–Trinajstić information content (AvgIpc) is 2.65. The van der Waals surface area contributed by atoms with Crippen molar-refractivity contribution in [1.29, 1.82) is 0 Å². The van der Waals surface area contributed by atoms with Crippen molar-refractivity contribution in [2.24, 2.45) is 0 Å². The van der Waals surface area contributed by atoms with Crippen LogP contribution in [-0.4, -0.2) is 25.1 Å². The molecule has 0 fully saturated rings. The van der Waals surface area contributed by atoms with Gasteiger partial charge in [-0.25, -0.2) is 4.79 Å². The van der Waals surface area contributed by atoms with Gasteiger partial charge < -0.3 is 14.8 Å². The molecule has 2 aromatic rings. The maximum absolute atomic E-state index is 12.1. The quantitative estimate of drug-likeness (QED) is 0.694. The molecule has 0 spiro atoms. The van der Waals surface area contributed by atoms with Crippen LogP contribution in [0.2, 0.25) is 5.02 Å². The largest absolute Gasteiger partial charge is 0.480 e. The number of anilines is 1. The minimum absolute atomic E-state index is 0.318. The Labute approximate surface area is 158 Å². The van der Waals surface area contributed by atoms with Gasteiger partial charge in [-0.05, 0) is 36.1 Å². The van der Waals surface area contributed by atoms with Crippen molar-refractivity contribution in [2.45, 2.75) is 26.2 Å². The van der Waals surface area contributed by atoms with E-state index < -0.39 is 11.9 Å². The molecular weight excluding hydrogens is 354 g/mol. The van der Waals surface area contributed by atoms with Gasteiger partial charge in [-0.15, -0.1) is 0 Å². The highest BCUT2D eigenvalue weighted by Gasteiger charge is 2.13. The first-order valence-electron chi connectivity index (χ1n) is 8.43. The van der Waals surface area contributed by atoms with Crippen LogP contribution in [0, 0.1) is 0 Å². The van der Waals surface area contributed by atoms with Gasteiger partial charge in [0.2, 0.25) is 0 Å². The Balaban J connectivity index is 1.82. The molecular formula is C20H22ClNO4. The molecule has 0 saturated heterocycles. The van der Waals surface area contributed by atoms with Crippen LogP contribution in [0.4, 0.5) is 5.69 Å². The average molecular weight is 376 g/mol. The normalized spacial score (nSPS) is 11.5. The Morgan fingerprint density at radius 1 is 1.08 bits per heavy atom. The van der Waals surface area contributed by atoms with Gasteiger partial charge in [0.1, 0.15) is 5.75 Å². The number of ether oxygens (including phenoxy) is 2. The molecule has 0 aromatic heterocycles. The number of rotatable bonds is 8. The van der Waals surface area contributed by atoms with E-state index in [-0.39, 0.29) is 13.2 Å². The Morgan fingerprint density at radius 2 is 1.77 bits per heavy atom. The van der Waals surface area contributed by atoms with Crippen LogP contribution < -0.4 is 10.1 Å². The van der Waals surface area contributed by atoms with Gasteiger partial charge >= 0.3 is 5.97 Å². The molecule has 2 rings (SSSR count). The van der Waals surface area contributed by atoms with Crippen LogP contribution >= 0.6 is 11.6 Å². The molecule has 5 nitrogen and oxygen atoms in total. The Morgan fingerprint density at radius 3 is 2.50 bits per heavy atom. The number of carbonyl (C=O) groups is 2. The summed E-state index contributed by atoms with van der Waals surface area (Å²) in [6.07, 6.45) is 0.960. The minimum atomic E-state index is -0.643. The molecule has 6 heteroatoms. The van der Waals surface area contributed by atoms with Crippen LogP contribution in [0.3, 0.4) is 0 Å². The standard InChI is InChI=1S/C20H22ClNO4/c1-3-14(2)15-8-4-6-10-17(15)22-19(23)12-26-20(24)13-25-18-11-7-5-9-16(18)21/h4-11,14H,3,12-13H2,1-2H3,(H,22,23)/t14-/m1/s1. The van der Waals surface area contributed by atoms with Crippen molar-refractivity contribution >= 4 is 29.2 Å². The van der Waals surface area contributed by atoms with Crippen molar-refractivity contribution in [1.82, 2.24) is 0 Å². The number of carbonyl (C=O) groups excluding carboxylic acids is 2. The molecule has 26 heavy (non-hydrogen) atoms. The van der Waals surface area contributed by atoms with E-state index in [0.717, 1.165) is 17.7 Å². The summed E-state index contributed by atoms with van der Waals surface area (Å²) < 4.78 is 10.2. The molecule has 0 saturated carbocycles. The lowest BCUT2D eigenvalue weighted by Gasteiger charge is -2.15. The first-order chi connectivity index (χ1) is 12.5. The van der Waals surface area contributed by atoms with Crippen LogP contribution in [0.15, 0.2) is 48.5 Å². The zero-order chi connectivity index (χ0) is 18.9. The first-order valence-corrected chi connectivity index (χ1v) is 8.80. The number of esters is 1. The topological polar surface area (TPSA) is 64.6 Å². The number of hydrogen-bond donors (Lipinski definition) is 1. The second-order valence-corrected chi connectivity index (χ2v) is 6.23. The maximum atomic E-state index is 12.1. The molecule has 0 aliphatic carbocycles. The smallest absolute Gasteiger partial charge is 0.344 e. The van der Waals surface area contributed by atoms with E-state index in [0.29, 0.717) is 16.7 Å². The van der Waals surface area contributed by atoms with Crippen molar-refractivity contribution < 1.29 is 19.1 Å². The number of nitrogens with one attached hydrogen (secondary N) is 1. The number of hydrogen-bond acceptors (Lipinski definition) is 4.